The first-order valence-corrected chi connectivity index (χ1v) is 6.86. The van der Waals surface area contributed by atoms with Crippen LogP contribution in [0.3, 0.4) is 0 Å². The van der Waals surface area contributed by atoms with Gasteiger partial charge in [0.2, 0.25) is 0 Å². The molecule has 0 saturated heterocycles. The van der Waals surface area contributed by atoms with Crippen molar-refractivity contribution in [3.8, 4) is 0 Å². The van der Waals surface area contributed by atoms with Crippen LogP contribution >= 0.6 is 39.1 Å². The second kappa shape index (κ2) is 5.90. The van der Waals surface area contributed by atoms with Gasteiger partial charge in [-0.25, -0.2) is 0 Å². The molecule has 98 valence electrons. The molecule has 2 rings (SSSR count). The van der Waals surface area contributed by atoms with Gasteiger partial charge in [-0.2, -0.15) is 0 Å². The fourth-order valence-electron chi connectivity index (χ4n) is 1.58. The lowest BCUT2D eigenvalue weighted by atomic mass is 10.1. The predicted octanol–water partition coefficient (Wildman–Crippen LogP) is 3.80. The molecule has 0 radical (unpaired) electrons. The van der Waals surface area contributed by atoms with E-state index >= 15 is 0 Å². The number of hydrogen-bond donors (Lipinski definition) is 0. The minimum atomic E-state index is -0.271. The molecule has 1 aromatic carbocycles. The summed E-state index contributed by atoms with van der Waals surface area (Å²) in [6.45, 7) is -0.0850. The van der Waals surface area contributed by atoms with Gasteiger partial charge in [-0.1, -0.05) is 23.2 Å². The Morgan fingerprint density at radius 1 is 1.21 bits per heavy atom. The highest BCUT2D eigenvalue weighted by Crippen LogP contribution is 2.21. The molecule has 0 saturated carbocycles. The maximum Gasteiger partial charge on any atom is 0.251 e. The maximum absolute atomic E-state index is 12.1. The zero-order valence-corrected chi connectivity index (χ0v) is 12.7. The lowest BCUT2D eigenvalue weighted by Crippen LogP contribution is -2.23. The van der Waals surface area contributed by atoms with E-state index in [0.717, 1.165) is 4.47 Å². The molecule has 0 aliphatic heterocycles. The number of halogens is 3. The summed E-state index contributed by atoms with van der Waals surface area (Å²) in [4.78, 5) is 23.8. The van der Waals surface area contributed by atoms with Crippen molar-refractivity contribution in [2.75, 3.05) is 0 Å². The van der Waals surface area contributed by atoms with Crippen molar-refractivity contribution in [1.29, 1.82) is 0 Å². The molecule has 0 aliphatic carbocycles. The number of carbonyl (C=O) groups is 1. The van der Waals surface area contributed by atoms with Crippen LogP contribution in [0.2, 0.25) is 10.0 Å². The molecule has 0 fully saturated rings. The van der Waals surface area contributed by atoms with Crippen LogP contribution in [0.1, 0.15) is 10.4 Å². The third kappa shape index (κ3) is 3.47. The van der Waals surface area contributed by atoms with Gasteiger partial charge in [-0.05, 0) is 40.2 Å². The summed E-state index contributed by atoms with van der Waals surface area (Å²) in [7, 11) is 0. The average Bonchev–Trinajstić information content (AvgIpc) is 2.36. The third-order valence-electron chi connectivity index (χ3n) is 2.49. The van der Waals surface area contributed by atoms with Gasteiger partial charge >= 0.3 is 0 Å². The second-order valence-corrected chi connectivity index (χ2v) is 5.62. The van der Waals surface area contributed by atoms with Crippen molar-refractivity contribution in [1.82, 2.24) is 4.57 Å². The Morgan fingerprint density at radius 3 is 2.68 bits per heavy atom. The zero-order chi connectivity index (χ0) is 14.0. The van der Waals surface area contributed by atoms with E-state index in [0.29, 0.717) is 15.6 Å². The predicted molar refractivity (Wildman–Crippen MR) is 79.2 cm³/mol. The Morgan fingerprint density at radius 2 is 1.95 bits per heavy atom. The third-order valence-corrected chi connectivity index (χ3v) is 3.52. The Labute approximate surface area is 127 Å². The summed E-state index contributed by atoms with van der Waals surface area (Å²) in [5.74, 6) is -0.271. The topological polar surface area (TPSA) is 39.1 Å². The van der Waals surface area contributed by atoms with Gasteiger partial charge in [0.05, 0.1) is 11.6 Å². The summed E-state index contributed by atoms with van der Waals surface area (Å²) in [5, 5.41) is 0.742. The van der Waals surface area contributed by atoms with Gasteiger partial charge in [0, 0.05) is 27.3 Å². The van der Waals surface area contributed by atoms with Crippen molar-refractivity contribution in [3.05, 3.63) is 67.0 Å². The number of nitrogens with zero attached hydrogens (tertiary/aromatic N) is 1. The second-order valence-electron chi connectivity index (χ2n) is 3.86. The minimum absolute atomic E-state index is 0.0850. The summed E-state index contributed by atoms with van der Waals surface area (Å²) in [6.07, 6.45) is 1.55. The highest BCUT2D eigenvalue weighted by atomic mass is 79.9. The van der Waals surface area contributed by atoms with Crippen LogP contribution in [0.4, 0.5) is 0 Å². The van der Waals surface area contributed by atoms with E-state index in [1.165, 1.54) is 16.7 Å². The van der Waals surface area contributed by atoms with E-state index in [2.05, 4.69) is 15.9 Å². The van der Waals surface area contributed by atoms with Crippen LogP contribution in [0, 0.1) is 0 Å². The highest BCUT2D eigenvalue weighted by molar-refractivity contribution is 9.10. The van der Waals surface area contributed by atoms with Crippen molar-refractivity contribution in [2.45, 2.75) is 6.54 Å². The van der Waals surface area contributed by atoms with Gasteiger partial charge in [0.15, 0.2) is 5.78 Å². The van der Waals surface area contributed by atoms with Crippen LogP contribution < -0.4 is 5.56 Å². The largest absolute Gasteiger partial charge is 0.307 e. The lowest BCUT2D eigenvalue weighted by Gasteiger charge is -2.07. The fraction of sp³-hybridized carbons (Fsp3) is 0.0769. The van der Waals surface area contributed by atoms with Crippen molar-refractivity contribution < 1.29 is 4.79 Å². The number of rotatable bonds is 3. The van der Waals surface area contributed by atoms with Crippen LogP contribution in [0.25, 0.3) is 0 Å². The Hall–Kier alpha value is -1.10. The molecule has 19 heavy (non-hydrogen) atoms. The number of Topliss-reactive ketones (excluding diaryl/α,β-unsaturated/α-hetero) is 1. The van der Waals surface area contributed by atoms with Crippen LogP contribution in [-0.4, -0.2) is 10.4 Å². The monoisotopic (exact) mass is 359 g/mol. The normalized spacial score (nSPS) is 10.5. The summed E-state index contributed by atoms with van der Waals surface area (Å²) >= 11 is 15.0. The molecule has 0 atom stereocenters. The van der Waals surface area contributed by atoms with Gasteiger partial charge < -0.3 is 4.57 Å². The van der Waals surface area contributed by atoms with E-state index in [-0.39, 0.29) is 17.9 Å². The van der Waals surface area contributed by atoms with Gasteiger partial charge in [-0.15, -0.1) is 0 Å². The average molecular weight is 361 g/mol. The van der Waals surface area contributed by atoms with Crippen LogP contribution in [0.5, 0.6) is 0 Å². The summed E-state index contributed by atoms with van der Waals surface area (Å²) in [6, 6.07) is 7.66. The van der Waals surface area contributed by atoms with Crippen LogP contribution in [0.15, 0.2) is 45.8 Å². The summed E-state index contributed by atoms with van der Waals surface area (Å²) in [5.41, 5.74) is 0.0516. The molecule has 2 aromatic rings. The number of carbonyl (C=O) groups excluding carboxylic acids is 1. The van der Waals surface area contributed by atoms with Crippen molar-refractivity contribution >= 4 is 44.9 Å². The van der Waals surface area contributed by atoms with E-state index in [4.69, 9.17) is 23.2 Å². The molecule has 0 N–H and O–H groups in total. The molecule has 0 unspecified atom stereocenters. The first-order valence-electron chi connectivity index (χ1n) is 5.31. The summed E-state index contributed by atoms with van der Waals surface area (Å²) < 4.78 is 2.03. The fourth-order valence-corrected chi connectivity index (χ4v) is 2.35. The van der Waals surface area contributed by atoms with Crippen molar-refractivity contribution in [2.24, 2.45) is 0 Å². The first-order chi connectivity index (χ1) is 8.97. The molecule has 0 bridgehead atoms. The number of pyridine rings is 1. The molecule has 0 amide bonds. The Balaban J connectivity index is 2.33. The number of benzene rings is 1. The highest BCUT2D eigenvalue weighted by Gasteiger charge is 2.12. The lowest BCUT2D eigenvalue weighted by molar-refractivity contribution is 0.0971. The maximum atomic E-state index is 12.1. The van der Waals surface area contributed by atoms with Crippen molar-refractivity contribution in [3.63, 3.8) is 0 Å². The molecular formula is C13H8BrCl2NO2. The Bertz CT molecular complexity index is 697. The van der Waals surface area contributed by atoms with E-state index in [1.54, 1.807) is 24.4 Å². The molecule has 0 spiro atoms. The number of hydrogen-bond acceptors (Lipinski definition) is 2. The van der Waals surface area contributed by atoms with E-state index in [1.807, 2.05) is 0 Å². The zero-order valence-electron chi connectivity index (χ0n) is 9.57. The van der Waals surface area contributed by atoms with E-state index < -0.39 is 0 Å². The van der Waals surface area contributed by atoms with Gasteiger partial charge in [0.1, 0.15) is 0 Å². The Kier molecular flexibility index (Phi) is 4.45. The number of ketones is 1. The molecular weight excluding hydrogens is 353 g/mol. The molecule has 3 nitrogen and oxygen atoms in total. The molecule has 1 aromatic heterocycles. The van der Waals surface area contributed by atoms with Gasteiger partial charge in [-0.3, -0.25) is 9.59 Å². The molecule has 6 heteroatoms. The first kappa shape index (κ1) is 14.3. The standard InChI is InChI=1S/C13H8BrCl2NO2/c14-8-1-4-13(19)17(6-8)7-12(18)10-5-9(15)2-3-11(10)16/h1-6H,7H2. The number of aromatic nitrogens is 1. The van der Waals surface area contributed by atoms with Crippen LogP contribution in [-0.2, 0) is 6.54 Å². The molecule has 0 aliphatic rings. The smallest absolute Gasteiger partial charge is 0.251 e. The SMILES string of the molecule is O=C(Cn1cc(Br)ccc1=O)c1cc(Cl)ccc1Cl. The van der Waals surface area contributed by atoms with E-state index in [9.17, 15) is 9.59 Å². The minimum Gasteiger partial charge on any atom is -0.307 e. The molecule has 1 heterocycles. The van der Waals surface area contributed by atoms with Gasteiger partial charge in [0.25, 0.3) is 5.56 Å². The quantitative estimate of drug-likeness (QED) is 0.781.